The second-order valence-electron chi connectivity index (χ2n) is 4.89. The lowest BCUT2D eigenvalue weighted by Gasteiger charge is -2.06. The Morgan fingerprint density at radius 3 is 2.79 bits per heavy atom. The number of H-pyrrole nitrogens is 1. The minimum atomic E-state index is -4.18. The average molecular weight is 346 g/mol. The van der Waals surface area contributed by atoms with Crippen LogP contribution in [0.4, 0.5) is 10.2 Å². The van der Waals surface area contributed by atoms with Gasteiger partial charge in [0.1, 0.15) is 16.4 Å². The molecule has 0 atom stereocenters. The predicted molar refractivity (Wildman–Crippen MR) is 82.7 cm³/mol. The van der Waals surface area contributed by atoms with Crippen LogP contribution < -0.4 is 4.72 Å². The van der Waals surface area contributed by atoms with Crippen molar-refractivity contribution in [2.45, 2.75) is 4.90 Å². The largest absolute Gasteiger partial charge is 0.333 e. The highest BCUT2D eigenvalue weighted by molar-refractivity contribution is 7.92. The van der Waals surface area contributed by atoms with Crippen molar-refractivity contribution in [3.63, 3.8) is 0 Å². The molecule has 0 unspecified atom stereocenters. The lowest BCUT2D eigenvalue weighted by Crippen LogP contribution is -2.15. The van der Waals surface area contributed by atoms with E-state index >= 15 is 0 Å². The van der Waals surface area contributed by atoms with Crippen LogP contribution in [-0.4, -0.2) is 28.2 Å². The zero-order chi connectivity index (χ0) is 17.3. The summed E-state index contributed by atoms with van der Waals surface area (Å²) in [5, 5.41) is 15.2. The Morgan fingerprint density at radius 2 is 2.17 bits per heavy atom. The summed E-state index contributed by atoms with van der Waals surface area (Å²) in [5.74, 6) is -0.448. The van der Waals surface area contributed by atoms with Crippen molar-refractivity contribution < 1.29 is 12.8 Å². The molecule has 0 aliphatic heterocycles. The molecule has 0 radical (unpaired) electrons. The molecule has 10 heteroatoms. The number of aromatic nitrogens is 4. The van der Waals surface area contributed by atoms with E-state index in [0.29, 0.717) is 11.5 Å². The van der Waals surface area contributed by atoms with Crippen LogP contribution in [-0.2, 0) is 17.1 Å². The van der Waals surface area contributed by atoms with E-state index in [2.05, 4.69) is 19.9 Å². The molecule has 0 saturated heterocycles. The maximum Gasteiger partial charge on any atom is 0.266 e. The summed E-state index contributed by atoms with van der Waals surface area (Å²) < 4.78 is 42.4. The Morgan fingerprint density at radius 1 is 1.38 bits per heavy atom. The highest BCUT2D eigenvalue weighted by atomic mass is 32.2. The van der Waals surface area contributed by atoms with Gasteiger partial charge in [0.2, 0.25) is 0 Å². The summed E-state index contributed by atoms with van der Waals surface area (Å²) >= 11 is 0. The monoisotopic (exact) mass is 346 g/mol. The van der Waals surface area contributed by atoms with E-state index in [1.54, 1.807) is 30.1 Å². The molecule has 8 nitrogen and oxygen atoms in total. The van der Waals surface area contributed by atoms with Crippen LogP contribution in [0.1, 0.15) is 5.56 Å². The number of halogens is 1. The summed E-state index contributed by atoms with van der Waals surface area (Å²) in [4.78, 5) is 3.54. The van der Waals surface area contributed by atoms with Crippen LogP contribution >= 0.6 is 0 Å². The second-order valence-corrected chi connectivity index (χ2v) is 6.54. The molecule has 0 bridgehead atoms. The number of anilines is 1. The molecule has 0 saturated carbocycles. The number of aromatic amines is 1. The third kappa shape index (κ3) is 2.84. The lowest BCUT2D eigenvalue weighted by molar-refractivity contribution is 0.570. The first-order chi connectivity index (χ1) is 11.4. The first-order valence-electron chi connectivity index (χ1n) is 6.66. The molecular weight excluding hydrogens is 335 g/mol. The summed E-state index contributed by atoms with van der Waals surface area (Å²) in [6.45, 7) is 0. The van der Waals surface area contributed by atoms with E-state index in [4.69, 9.17) is 5.26 Å². The molecule has 3 aromatic rings. The van der Waals surface area contributed by atoms with Crippen molar-refractivity contribution in [3.8, 4) is 17.6 Å². The van der Waals surface area contributed by atoms with Gasteiger partial charge in [0.15, 0.2) is 11.6 Å². The molecule has 0 amide bonds. The Bertz CT molecular complexity index is 1050. The van der Waals surface area contributed by atoms with E-state index in [9.17, 15) is 12.8 Å². The smallest absolute Gasteiger partial charge is 0.266 e. The highest BCUT2D eigenvalue weighted by Crippen LogP contribution is 2.22. The minimum Gasteiger partial charge on any atom is -0.333 e. The van der Waals surface area contributed by atoms with E-state index in [0.717, 1.165) is 12.1 Å². The Labute approximate surface area is 136 Å². The fourth-order valence-electron chi connectivity index (χ4n) is 2.09. The first kappa shape index (κ1) is 15.7. The fraction of sp³-hybridized carbons (Fsp3) is 0.0714. The summed E-state index contributed by atoms with van der Waals surface area (Å²) in [6, 6.07) is 6.30. The van der Waals surface area contributed by atoms with Crippen LogP contribution in [0.3, 0.4) is 0 Å². The zero-order valence-corrected chi connectivity index (χ0v) is 13.2. The number of nitrogens with one attached hydrogen (secondary N) is 2. The molecule has 1 aromatic carbocycles. The van der Waals surface area contributed by atoms with Crippen LogP contribution in [0.25, 0.3) is 11.5 Å². The number of aryl methyl sites for hydroxylation is 1. The van der Waals surface area contributed by atoms with Gasteiger partial charge in [-0.1, -0.05) is 0 Å². The van der Waals surface area contributed by atoms with Gasteiger partial charge in [-0.2, -0.15) is 10.4 Å². The number of benzene rings is 1. The normalized spacial score (nSPS) is 11.2. The average Bonchev–Trinajstić information content (AvgIpc) is 3.15. The summed E-state index contributed by atoms with van der Waals surface area (Å²) in [5.41, 5.74) is 0.531. The van der Waals surface area contributed by atoms with Gasteiger partial charge in [0.05, 0.1) is 11.6 Å². The van der Waals surface area contributed by atoms with E-state index < -0.39 is 20.7 Å². The Balaban J connectivity index is 1.90. The molecule has 0 fully saturated rings. The fourth-order valence-corrected chi connectivity index (χ4v) is 3.15. The molecule has 2 heterocycles. The van der Waals surface area contributed by atoms with Crippen LogP contribution in [0, 0.1) is 17.1 Å². The molecular formula is C14H11FN6O2S. The predicted octanol–water partition coefficient (Wildman–Crippen LogP) is 1.62. The second kappa shape index (κ2) is 5.78. The number of imidazole rings is 1. The molecule has 0 aliphatic rings. The highest BCUT2D eigenvalue weighted by Gasteiger charge is 2.21. The molecule has 0 spiro atoms. The maximum absolute atomic E-state index is 13.9. The van der Waals surface area contributed by atoms with E-state index in [-0.39, 0.29) is 11.4 Å². The summed E-state index contributed by atoms with van der Waals surface area (Å²) in [7, 11) is -2.40. The number of nitriles is 1. The van der Waals surface area contributed by atoms with Crippen molar-refractivity contribution >= 4 is 15.8 Å². The van der Waals surface area contributed by atoms with E-state index in [1.807, 2.05) is 0 Å². The Hall–Kier alpha value is -3.19. The third-order valence-electron chi connectivity index (χ3n) is 3.23. The van der Waals surface area contributed by atoms with Gasteiger partial charge < -0.3 is 4.57 Å². The van der Waals surface area contributed by atoms with Crippen LogP contribution in [0.15, 0.2) is 41.6 Å². The van der Waals surface area contributed by atoms with Gasteiger partial charge in [-0.3, -0.25) is 9.82 Å². The number of sulfonamides is 1. The first-order valence-corrected chi connectivity index (χ1v) is 8.14. The van der Waals surface area contributed by atoms with E-state index in [1.165, 1.54) is 12.1 Å². The summed E-state index contributed by atoms with van der Waals surface area (Å²) in [6.07, 6.45) is 3.32. The minimum absolute atomic E-state index is 0.00300. The quantitative estimate of drug-likeness (QED) is 0.744. The molecule has 0 aliphatic carbocycles. The van der Waals surface area contributed by atoms with Crippen molar-refractivity contribution in [1.82, 2.24) is 19.7 Å². The molecule has 24 heavy (non-hydrogen) atoms. The molecule has 2 N–H and O–H groups in total. The van der Waals surface area contributed by atoms with Crippen molar-refractivity contribution in [3.05, 3.63) is 48.0 Å². The number of rotatable bonds is 4. The molecule has 3 rings (SSSR count). The van der Waals surface area contributed by atoms with Gasteiger partial charge in [0.25, 0.3) is 10.0 Å². The zero-order valence-electron chi connectivity index (χ0n) is 12.4. The van der Waals surface area contributed by atoms with Gasteiger partial charge in [0, 0.05) is 25.5 Å². The number of hydrogen-bond acceptors (Lipinski definition) is 5. The Kier molecular flexibility index (Phi) is 3.78. The van der Waals surface area contributed by atoms with Crippen molar-refractivity contribution in [2.24, 2.45) is 7.05 Å². The van der Waals surface area contributed by atoms with Gasteiger partial charge in [-0.05, 0) is 18.2 Å². The van der Waals surface area contributed by atoms with Crippen LogP contribution in [0.5, 0.6) is 0 Å². The third-order valence-corrected chi connectivity index (χ3v) is 4.62. The van der Waals surface area contributed by atoms with Gasteiger partial charge >= 0.3 is 0 Å². The molecule has 122 valence electrons. The van der Waals surface area contributed by atoms with Crippen molar-refractivity contribution in [1.29, 1.82) is 5.26 Å². The standard InChI is InChI=1S/C14H11FN6O2S/c1-21-5-4-17-14(21)11-7-13(19-18-11)20-24(22,23)12-3-2-9(8-16)6-10(12)15/h2-7H,1H3,(H2,18,19,20). The van der Waals surface area contributed by atoms with Gasteiger partial charge in [-0.25, -0.2) is 17.8 Å². The molecule has 2 aromatic heterocycles. The van der Waals surface area contributed by atoms with Crippen molar-refractivity contribution in [2.75, 3.05) is 4.72 Å². The number of nitrogens with zero attached hydrogens (tertiary/aromatic N) is 4. The SMILES string of the molecule is Cn1ccnc1-c1cc(NS(=O)(=O)c2ccc(C#N)cc2F)n[nH]1. The lowest BCUT2D eigenvalue weighted by atomic mass is 10.2. The number of hydrogen-bond donors (Lipinski definition) is 2. The van der Waals surface area contributed by atoms with Crippen LogP contribution in [0.2, 0.25) is 0 Å². The topological polar surface area (TPSA) is 116 Å². The van der Waals surface area contributed by atoms with Gasteiger partial charge in [-0.15, -0.1) is 0 Å². The maximum atomic E-state index is 13.9.